The smallest absolute Gasteiger partial charge is 0.262 e. The number of amides is 1. The number of halogens is 2. The molecule has 1 aromatic rings. The summed E-state index contributed by atoms with van der Waals surface area (Å²) < 4.78 is 12.9. The van der Waals surface area contributed by atoms with Crippen molar-refractivity contribution in [2.75, 3.05) is 26.2 Å². The Bertz CT molecular complexity index is 438. The van der Waals surface area contributed by atoms with Crippen LogP contribution >= 0.6 is 22.9 Å². The molecule has 0 radical (unpaired) electrons. The molecular weight excluding hydrogens is 275 g/mol. The highest BCUT2D eigenvalue weighted by molar-refractivity contribution is 7.14. The van der Waals surface area contributed by atoms with E-state index in [4.69, 9.17) is 11.6 Å². The van der Waals surface area contributed by atoms with Gasteiger partial charge in [0.25, 0.3) is 5.91 Å². The van der Waals surface area contributed by atoms with E-state index in [2.05, 4.69) is 5.32 Å². The zero-order valence-corrected chi connectivity index (χ0v) is 11.8. The molecule has 2 heterocycles. The van der Waals surface area contributed by atoms with E-state index in [1.807, 2.05) is 11.8 Å². The maximum absolute atomic E-state index is 12.9. The Morgan fingerprint density at radius 3 is 3.06 bits per heavy atom. The quantitative estimate of drug-likeness (QED) is 0.924. The summed E-state index contributed by atoms with van der Waals surface area (Å²) in [6.07, 6.45) is -0.112. The molecule has 1 atom stereocenters. The molecule has 1 aliphatic heterocycles. The van der Waals surface area contributed by atoms with E-state index in [9.17, 15) is 9.18 Å². The maximum atomic E-state index is 12.9. The molecule has 1 aromatic heterocycles. The number of aryl methyl sites for hydroxylation is 1. The average molecular weight is 291 g/mol. The number of alkyl halides is 1. The van der Waals surface area contributed by atoms with E-state index < -0.39 is 6.17 Å². The van der Waals surface area contributed by atoms with Crippen LogP contribution in [0.25, 0.3) is 0 Å². The molecule has 18 heavy (non-hydrogen) atoms. The highest BCUT2D eigenvalue weighted by Gasteiger charge is 2.21. The van der Waals surface area contributed by atoms with Gasteiger partial charge in [0, 0.05) is 31.1 Å². The van der Waals surface area contributed by atoms with Gasteiger partial charge in [0.15, 0.2) is 0 Å². The van der Waals surface area contributed by atoms with E-state index in [1.165, 1.54) is 11.3 Å². The van der Waals surface area contributed by atoms with Gasteiger partial charge in [0.1, 0.15) is 11.0 Å². The van der Waals surface area contributed by atoms with Gasteiger partial charge in [-0.05, 0) is 19.4 Å². The number of carbonyl (C=O) groups is 1. The average Bonchev–Trinajstić information content (AvgIpc) is 2.85. The minimum atomic E-state index is -0.713. The predicted octanol–water partition coefficient (Wildman–Crippen LogP) is 2.48. The van der Waals surface area contributed by atoms with Crippen LogP contribution in [0.2, 0.25) is 5.02 Å². The fourth-order valence-electron chi connectivity index (χ4n) is 2.03. The van der Waals surface area contributed by atoms with Gasteiger partial charge >= 0.3 is 0 Å². The van der Waals surface area contributed by atoms with Gasteiger partial charge < -0.3 is 5.32 Å². The second-order valence-electron chi connectivity index (χ2n) is 4.48. The van der Waals surface area contributed by atoms with Gasteiger partial charge in [-0.2, -0.15) is 0 Å². The number of nitrogens with one attached hydrogen (secondary N) is 1. The maximum Gasteiger partial charge on any atom is 0.262 e. The zero-order chi connectivity index (χ0) is 13.1. The Morgan fingerprint density at radius 1 is 1.72 bits per heavy atom. The summed E-state index contributed by atoms with van der Waals surface area (Å²) in [6.45, 7) is 4.39. The van der Waals surface area contributed by atoms with Gasteiger partial charge in [0.2, 0.25) is 0 Å². The van der Waals surface area contributed by atoms with Crippen molar-refractivity contribution in [1.29, 1.82) is 0 Å². The monoisotopic (exact) mass is 290 g/mol. The molecule has 1 aliphatic rings. The number of thiophene rings is 1. The Labute approximate surface area is 115 Å². The summed E-state index contributed by atoms with van der Waals surface area (Å²) in [5, 5.41) is 3.32. The van der Waals surface area contributed by atoms with Gasteiger partial charge in [-0.1, -0.05) is 11.6 Å². The molecule has 0 bridgehead atoms. The van der Waals surface area contributed by atoms with Crippen molar-refractivity contribution in [1.82, 2.24) is 10.2 Å². The van der Waals surface area contributed by atoms with Crippen molar-refractivity contribution in [3.63, 3.8) is 0 Å². The van der Waals surface area contributed by atoms with E-state index in [0.29, 0.717) is 36.0 Å². The largest absolute Gasteiger partial charge is 0.350 e. The van der Waals surface area contributed by atoms with Gasteiger partial charge in [0.05, 0.1) is 5.02 Å². The van der Waals surface area contributed by atoms with Gasteiger partial charge in [-0.15, -0.1) is 11.3 Å². The molecule has 0 saturated carbocycles. The predicted molar refractivity (Wildman–Crippen MR) is 72.4 cm³/mol. The van der Waals surface area contributed by atoms with Crippen molar-refractivity contribution < 1.29 is 9.18 Å². The lowest BCUT2D eigenvalue weighted by molar-refractivity contribution is 0.0953. The molecular formula is C12H16ClFN2OS. The van der Waals surface area contributed by atoms with Gasteiger partial charge in [-0.3, -0.25) is 9.69 Å². The first-order chi connectivity index (χ1) is 8.56. The van der Waals surface area contributed by atoms with Gasteiger partial charge in [-0.25, -0.2) is 4.39 Å². The zero-order valence-electron chi connectivity index (χ0n) is 10.2. The Hall–Kier alpha value is -0.650. The van der Waals surface area contributed by atoms with E-state index in [1.54, 1.807) is 6.07 Å². The highest BCUT2D eigenvalue weighted by atomic mass is 35.5. The minimum absolute atomic E-state index is 0.144. The first-order valence-electron chi connectivity index (χ1n) is 5.97. The van der Waals surface area contributed by atoms with Crippen molar-refractivity contribution in [3.05, 3.63) is 20.8 Å². The van der Waals surface area contributed by atoms with Crippen LogP contribution < -0.4 is 5.32 Å². The lowest BCUT2D eigenvalue weighted by atomic mass is 10.3. The van der Waals surface area contributed by atoms with Crippen LogP contribution in [-0.4, -0.2) is 43.2 Å². The van der Waals surface area contributed by atoms with Crippen molar-refractivity contribution in [2.45, 2.75) is 19.5 Å². The first-order valence-corrected chi connectivity index (χ1v) is 7.16. The molecule has 2 rings (SSSR count). The summed E-state index contributed by atoms with van der Waals surface area (Å²) in [5.41, 5.74) is 0. The second-order valence-corrected chi connectivity index (χ2v) is 6.14. The Kier molecular flexibility index (Phi) is 4.59. The number of likely N-dealkylation sites (tertiary alicyclic amines) is 1. The summed E-state index contributed by atoms with van der Waals surface area (Å²) in [4.78, 5) is 15.4. The number of hydrogen-bond acceptors (Lipinski definition) is 3. The third-order valence-electron chi connectivity index (χ3n) is 2.94. The molecule has 0 spiro atoms. The number of carbonyl (C=O) groups excluding carboxylic acids is 1. The number of hydrogen-bond donors (Lipinski definition) is 1. The SMILES string of the molecule is Cc1cc(Cl)c(C(=O)NCCN2CCC(F)C2)s1. The molecule has 1 fully saturated rings. The molecule has 1 amide bonds. The van der Waals surface area contributed by atoms with E-state index >= 15 is 0 Å². The molecule has 1 saturated heterocycles. The molecule has 0 aliphatic carbocycles. The van der Waals surface area contributed by atoms with E-state index in [0.717, 1.165) is 11.4 Å². The summed E-state index contributed by atoms with van der Waals surface area (Å²) >= 11 is 7.34. The van der Waals surface area contributed by atoms with Crippen LogP contribution in [0.1, 0.15) is 21.0 Å². The number of rotatable bonds is 4. The van der Waals surface area contributed by atoms with Crippen molar-refractivity contribution in [3.8, 4) is 0 Å². The molecule has 1 N–H and O–H groups in total. The molecule has 1 unspecified atom stereocenters. The third kappa shape index (κ3) is 3.43. The summed E-state index contributed by atoms with van der Waals surface area (Å²) in [7, 11) is 0. The molecule has 0 aromatic carbocycles. The lowest BCUT2D eigenvalue weighted by Gasteiger charge is -2.14. The van der Waals surface area contributed by atoms with Crippen molar-refractivity contribution in [2.24, 2.45) is 0 Å². The standard InChI is InChI=1S/C12H16ClFN2OS/c1-8-6-10(13)11(18-8)12(17)15-3-5-16-4-2-9(14)7-16/h6,9H,2-5,7H2,1H3,(H,15,17). The highest BCUT2D eigenvalue weighted by Crippen LogP contribution is 2.25. The van der Waals surface area contributed by atoms with Crippen LogP contribution in [-0.2, 0) is 0 Å². The van der Waals surface area contributed by atoms with E-state index in [-0.39, 0.29) is 5.91 Å². The minimum Gasteiger partial charge on any atom is -0.350 e. The molecule has 100 valence electrons. The van der Waals surface area contributed by atoms with Crippen LogP contribution in [0.4, 0.5) is 4.39 Å². The fourth-order valence-corrected chi connectivity index (χ4v) is 3.28. The fraction of sp³-hybridized carbons (Fsp3) is 0.583. The molecule has 6 heteroatoms. The Balaban J connectivity index is 1.77. The van der Waals surface area contributed by atoms with Crippen LogP contribution in [0.3, 0.4) is 0 Å². The number of nitrogens with zero attached hydrogens (tertiary/aromatic N) is 1. The topological polar surface area (TPSA) is 32.3 Å². The van der Waals surface area contributed by atoms with Crippen LogP contribution in [0.15, 0.2) is 6.07 Å². The van der Waals surface area contributed by atoms with Crippen LogP contribution in [0.5, 0.6) is 0 Å². The Morgan fingerprint density at radius 2 is 2.50 bits per heavy atom. The van der Waals surface area contributed by atoms with Crippen molar-refractivity contribution >= 4 is 28.8 Å². The summed E-state index contributed by atoms with van der Waals surface area (Å²) in [6, 6.07) is 1.79. The summed E-state index contributed by atoms with van der Waals surface area (Å²) in [5.74, 6) is -0.144. The lowest BCUT2D eigenvalue weighted by Crippen LogP contribution is -2.33. The third-order valence-corrected chi connectivity index (χ3v) is 4.40. The van der Waals surface area contributed by atoms with Crippen LogP contribution in [0, 0.1) is 6.92 Å². The molecule has 3 nitrogen and oxygen atoms in total. The normalized spacial score (nSPS) is 20.3. The first kappa shape index (κ1) is 13.8. The second kappa shape index (κ2) is 5.99.